The number of rotatable bonds is 6. The lowest BCUT2D eigenvalue weighted by Gasteiger charge is -2.21. The number of para-hydroxylation sites is 1. The summed E-state index contributed by atoms with van der Waals surface area (Å²) in [5, 5.41) is 2.83. The first kappa shape index (κ1) is 19.1. The summed E-state index contributed by atoms with van der Waals surface area (Å²) in [6.45, 7) is 1.18. The molecule has 2 aliphatic rings. The van der Waals surface area contributed by atoms with Crippen molar-refractivity contribution < 1.29 is 23.8 Å². The van der Waals surface area contributed by atoms with E-state index in [9.17, 15) is 9.59 Å². The molecule has 2 atom stereocenters. The van der Waals surface area contributed by atoms with Crippen molar-refractivity contribution in [2.24, 2.45) is 0 Å². The van der Waals surface area contributed by atoms with Gasteiger partial charge in [0.25, 0.3) is 5.91 Å². The third-order valence-corrected chi connectivity index (χ3v) is 4.87. The molecule has 0 spiro atoms. The molecule has 1 aromatic carbocycles. The topological polar surface area (TPSA) is 86.8 Å². The van der Waals surface area contributed by atoms with Gasteiger partial charge in [-0.15, -0.1) is 0 Å². The SMILES string of the molecule is O=C(O[C@H](C(=O)NC[C@@H]1CCCO1)c1cccnc1)C1=Cc2ccccc2OC1. The van der Waals surface area contributed by atoms with Crippen molar-refractivity contribution in [3.63, 3.8) is 0 Å². The van der Waals surface area contributed by atoms with Gasteiger partial charge in [-0.3, -0.25) is 9.78 Å². The van der Waals surface area contributed by atoms with Crippen molar-refractivity contribution in [1.82, 2.24) is 10.3 Å². The second-order valence-electron chi connectivity index (χ2n) is 6.95. The standard InChI is InChI=1S/C22H22N2O5/c25-21(24-13-18-7-4-10-27-18)20(16-6-3-9-23-12-16)29-22(26)17-11-15-5-1-2-8-19(15)28-14-17/h1-3,5-6,8-9,11-12,18,20H,4,7,10,13-14H2,(H,24,25)/t18-,20-/m0/s1. The molecule has 1 aromatic heterocycles. The van der Waals surface area contributed by atoms with Crippen molar-refractivity contribution in [3.8, 4) is 5.75 Å². The Hall–Kier alpha value is -3.19. The van der Waals surface area contributed by atoms with Gasteiger partial charge in [0.05, 0.1) is 11.7 Å². The summed E-state index contributed by atoms with van der Waals surface area (Å²) in [5.74, 6) is -0.289. The quantitative estimate of drug-likeness (QED) is 0.758. The molecule has 1 amide bonds. The largest absolute Gasteiger partial charge is 0.488 e. The highest BCUT2D eigenvalue weighted by Crippen LogP contribution is 2.27. The van der Waals surface area contributed by atoms with Crippen molar-refractivity contribution >= 4 is 18.0 Å². The van der Waals surface area contributed by atoms with E-state index in [1.807, 2.05) is 24.3 Å². The second-order valence-corrected chi connectivity index (χ2v) is 6.95. The first-order valence-electron chi connectivity index (χ1n) is 9.63. The Morgan fingerprint density at radius 3 is 2.93 bits per heavy atom. The molecule has 0 bridgehead atoms. The van der Waals surface area contributed by atoms with Crippen molar-refractivity contribution in [3.05, 3.63) is 65.5 Å². The fourth-order valence-corrected chi connectivity index (χ4v) is 3.33. The maximum absolute atomic E-state index is 12.8. The fourth-order valence-electron chi connectivity index (χ4n) is 3.33. The Morgan fingerprint density at radius 2 is 2.14 bits per heavy atom. The number of hydrogen-bond donors (Lipinski definition) is 1. The van der Waals surface area contributed by atoms with E-state index in [0.29, 0.717) is 30.0 Å². The molecule has 29 heavy (non-hydrogen) atoms. The summed E-state index contributed by atoms with van der Waals surface area (Å²) in [6.07, 6.45) is 5.63. The number of hydrogen-bond acceptors (Lipinski definition) is 6. The van der Waals surface area contributed by atoms with Crippen LogP contribution in [0.3, 0.4) is 0 Å². The Bertz CT molecular complexity index is 906. The van der Waals surface area contributed by atoms with Gasteiger partial charge >= 0.3 is 5.97 Å². The first-order chi connectivity index (χ1) is 14.2. The summed E-state index contributed by atoms with van der Waals surface area (Å²) in [6, 6.07) is 10.8. The summed E-state index contributed by atoms with van der Waals surface area (Å²) in [5.41, 5.74) is 1.65. The molecule has 0 aliphatic carbocycles. The number of esters is 1. The van der Waals surface area contributed by atoms with Gasteiger partial charge in [0.2, 0.25) is 6.10 Å². The summed E-state index contributed by atoms with van der Waals surface area (Å²) >= 11 is 0. The molecule has 0 saturated carbocycles. The Balaban J connectivity index is 1.48. The Labute approximate surface area is 168 Å². The monoisotopic (exact) mass is 394 g/mol. The van der Waals surface area contributed by atoms with E-state index < -0.39 is 18.0 Å². The summed E-state index contributed by atoms with van der Waals surface area (Å²) in [7, 11) is 0. The van der Waals surface area contributed by atoms with E-state index in [1.54, 1.807) is 24.4 Å². The minimum absolute atomic E-state index is 0.00449. The molecule has 0 radical (unpaired) electrons. The van der Waals surface area contributed by atoms with Gasteiger partial charge in [-0.2, -0.15) is 0 Å². The average molecular weight is 394 g/mol. The maximum atomic E-state index is 12.8. The number of carbonyl (C=O) groups is 2. The third-order valence-electron chi connectivity index (χ3n) is 4.87. The van der Waals surface area contributed by atoms with Crippen LogP contribution >= 0.6 is 0 Å². The van der Waals surface area contributed by atoms with E-state index in [0.717, 1.165) is 18.4 Å². The normalized spacial score (nSPS) is 18.8. The molecule has 1 saturated heterocycles. The molecule has 4 rings (SSSR count). The van der Waals surface area contributed by atoms with Crippen LogP contribution in [0.1, 0.15) is 30.1 Å². The van der Waals surface area contributed by atoms with Crippen molar-refractivity contribution in [2.45, 2.75) is 25.0 Å². The van der Waals surface area contributed by atoms with Gasteiger partial charge in [-0.1, -0.05) is 24.3 Å². The lowest BCUT2D eigenvalue weighted by molar-refractivity contribution is -0.153. The van der Waals surface area contributed by atoms with Crippen LogP contribution in [0, 0.1) is 0 Å². The van der Waals surface area contributed by atoms with Crippen LogP contribution in [0.4, 0.5) is 0 Å². The number of nitrogens with one attached hydrogen (secondary N) is 1. The van der Waals surface area contributed by atoms with Crippen LogP contribution in [-0.4, -0.2) is 42.7 Å². The zero-order valence-corrected chi connectivity index (χ0v) is 15.9. The second kappa shape index (κ2) is 8.87. The van der Waals surface area contributed by atoms with Crippen LogP contribution in [0.2, 0.25) is 0 Å². The molecule has 7 nitrogen and oxygen atoms in total. The zero-order valence-electron chi connectivity index (χ0n) is 15.9. The number of pyridine rings is 1. The van der Waals surface area contributed by atoms with Crippen LogP contribution < -0.4 is 10.1 Å². The van der Waals surface area contributed by atoms with Crippen molar-refractivity contribution in [2.75, 3.05) is 19.8 Å². The molecule has 7 heteroatoms. The fraction of sp³-hybridized carbons (Fsp3) is 0.318. The molecule has 1 N–H and O–H groups in total. The number of carbonyl (C=O) groups excluding carboxylic acids is 2. The molecule has 2 aliphatic heterocycles. The number of fused-ring (bicyclic) bond motifs is 1. The van der Waals surface area contributed by atoms with E-state index in [4.69, 9.17) is 14.2 Å². The Kier molecular flexibility index (Phi) is 5.86. The van der Waals surface area contributed by atoms with E-state index >= 15 is 0 Å². The lowest BCUT2D eigenvalue weighted by Crippen LogP contribution is -2.37. The van der Waals surface area contributed by atoms with E-state index in [1.165, 1.54) is 6.20 Å². The van der Waals surface area contributed by atoms with Crippen LogP contribution in [0.25, 0.3) is 6.08 Å². The number of ether oxygens (including phenoxy) is 3. The summed E-state index contributed by atoms with van der Waals surface area (Å²) < 4.78 is 16.7. The first-order valence-corrected chi connectivity index (χ1v) is 9.63. The van der Waals surface area contributed by atoms with Gasteiger partial charge in [0.15, 0.2) is 0 Å². The maximum Gasteiger partial charge on any atom is 0.338 e. The highest BCUT2D eigenvalue weighted by Gasteiger charge is 2.29. The minimum Gasteiger partial charge on any atom is -0.488 e. The molecular formula is C22H22N2O5. The molecule has 0 unspecified atom stereocenters. The van der Waals surface area contributed by atoms with E-state index in [2.05, 4.69) is 10.3 Å². The predicted octanol–water partition coefficient (Wildman–Crippen LogP) is 2.44. The predicted molar refractivity (Wildman–Crippen MR) is 105 cm³/mol. The van der Waals surface area contributed by atoms with Gasteiger partial charge in [0.1, 0.15) is 12.4 Å². The summed E-state index contributed by atoms with van der Waals surface area (Å²) in [4.78, 5) is 29.6. The number of benzene rings is 1. The van der Waals surface area contributed by atoms with Crippen LogP contribution in [-0.2, 0) is 19.1 Å². The molecular weight excluding hydrogens is 372 g/mol. The molecule has 150 valence electrons. The van der Waals surface area contributed by atoms with E-state index in [-0.39, 0.29) is 12.7 Å². The molecule has 2 aromatic rings. The van der Waals surface area contributed by atoms with Gasteiger partial charge in [0, 0.05) is 36.7 Å². The third kappa shape index (κ3) is 4.63. The van der Waals surface area contributed by atoms with Gasteiger partial charge in [-0.05, 0) is 31.1 Å². The number of aromatic nitrogens is 1. The van der Waals surface area contributed by atoms with Crippen molar-refractivity contribution in [1.29, 1.82) is 0 Å². The number of nitrogens with zero attached hydrogens (tertiary/aromatic N) is 1. The van der Waals surface area contributed by atoms with Crippen LogP contribution in [0.15, 0.2) is 54.4 Å². The highest BCUT2D eigenvalue weighted by atomic mass is 16.6. The zero-order chi connectivity index (χ0) is 20.1. The smallest absolute Gasteiger partial charge is 0.338 e. The molecule has 1 fully saturated rings. The lowest BCUT2D eigenvalue weighted by atomic mass is 10.1. The number of amides is 1. The average Bonchev–Trinajstić information content (AvgIpc) is 3.29. The van der Waals surface area contributed by atoms with Gasteiger partial charge < -0.3 is 19.5 Å². The molecule has 3 heterocycles. The van der Waals surface area contributed by atoms with Gasteiger partial charge in [-0.25, -0.2) is 4.79 Å². The highest BCUT2D eigenvalue weighted by molar-refractivity contribution is 5.97. The van der Waals surface area contributed by atoms with Crippen LogP contribution in [0.5, 0.6) is 5.75 Å². The Morgan fingerprint density at radius 1 is 1.24 bits per heavy atom. The minimum atomic E-state index is -1.10.